The van der Waals surface area contributed by atoms with Gasteiger partial charge in [0.1, 0.15) is 0 Å². The van der Waals surface area contributed by atoms with Crippen molar-refractivity contribution in [3.8, 4) is 0 Å². The van der Waals surface area contributed by atoms with Gasteiger partial charge in [-0.25, -0.2) is 0 Å². The van der Waals surface area contributed by atoms with Crippen LogP contribution in [0.4, 0.5) is 0 Å². The second-order valence-electron chi connectivity index (χ2n) is 4.47. The maximum absolute atomic E-state index is 6.00. The van der Waals surface area contributed by atoms with Crippen LogP contribution in [-0.4, -0.2) is 13.1 Å². The number of hydrogen-bond donors (Lipinski definition) is 1. The van der Waals surface area contributed by atoms with Gasteiger partial charge in [0, 0.05) is 10.4 Å². The fourth-order valence-corrected chi connectivity index (χ4v) is 2.95. The molecule has 0 bridgehead atoms. The van der Waals surface area contributed by atoms with Crippen LogP contribution in [0.5, 0.6) is 0 Å². The number of fused-ring (bicyclic) bond motifs is 2. The van der Waals surface area contributed by atoms with Crippen molar-refractivity contribution in [2.24, 2.45) is 0 Å². The first-order valence-corrected chi connectivity index (χ1v) is 5.88. The van der Waals surface area contributed by atoms with Crippen molar-refractivity contribution in [2.45, 2.75) is 18.3 Å². The largest absolute Gasteiger partial charge is 0.317 e. The molecule has 1 N–H and O–H groups in total. The molecule has 1 fully saturated rings. The Bertz CT molecular complexity index is 417. The summed E-state index contributed by atoms with van der Waals surface area (Å²) >= 11 is 6.00. The zero-order chi connectivity index (χ0) is 10.3. The number of hydrogen-bond acceptors (Lipinski definition) is 1. The second kappa shape index (κ2) is 3.36. The average molecular weight is 220 g/mol. The van der Waals surface area contributed by atoms with E-state index >= 15 is 0 Å². The molecule has 3 rings (SSSR count). The lowest BCUT2D eigenvalue weighted by atomic mass is 9.75. The van der Waals surface area contributed by atoms with Crippen molar-refractivity contribution < 1.29 is 0 Å². The Hall–Kier alpha value is -0.790. The molecule has 0 amide bonds. The second-order valence-corrected chi connectivity index (χ2v) is 4.91. The molecule has 0 radical (unpaired) electrons. The maximum Gasteiger partial charge on any atom is 0.0412 e. The SMILES string of the molecule is Clc1ccc2c(c1)C=CC21CCNCC1. The lowest BCUT2D eigenvalue weighted by Gasteiger charge is -2.33. The van der Waals surface area contributed by atoms with Crippen molar-refractivity contribution >= 4 is 17.7 Å². The van der Waals surface area contributed by atoms with Crippen LogP contribution in [0.25, 0.3) is 6.08 Å². The van der Waals surface area contributed by atoms with Gasteiger partial charge in [-0.15, -0.1) is 0 Å². The summed E-state index contributed by atoms with van der Waals surface area (Å²) in [6.45, 7) is 2.23. The maximum atomic E-state index is 6.00. The quantitative estimate of drug-likeness (QED) is 0.708. The summed E-state index contributed by atoms with van der Waals surface area (Å²) in [5.74, 6) is 0. The highest BCUT2D eigenvalue weighted by Crippen LogP contribution is 2.42. The first kappa shape index (κ1) is 9.44. The van der Waals surface area contributed by atoms with Crippen molar-refractivity contribution in [3.05, 3.63) is 40.4 Å². The number of allylic oxidation sites excluding steroid dienone is 1. The molecule has 78 valence electrons. The predicted octanol–water partition coefficient (Wildman–Crippen LogP) is 2.99. The van der Waals surface area contributed by atoms with E-state index in [1.165, 1.54) is 24.0 Å². The number of halogens is 1. The first-order valence-electron chi connectivity index (χ1n) is 5.50. The molecular formula is C13H14ClN. The molecule has 1 spiro atoms. The van der Waals surface area contributed by atoms with Crippen molar-refractivity contribution in [1.82, 2.24) is 5.32 Å². The third kappa shape index (κ3) is 1.42. The Morgan fingerprint density at radius 1 is 1.20 bits per heavy atom. The molecule has 0 unspecified atom stereocenters. The van der Waals surface area contributed by atoms with Gasteiger partial charge in [-0.3, -0.25) is 0 Å². The topological polar surface area (TPSA) is 12.0 Å². The molecule has 2 aliphatic rings. The molecule has 1 aliphatic carbocycles. The molecular weight excluding hydrogens is 206 g/mol. The van der Waals surface area contributed by atoms with Gasteiger partial charge in [-0.05, 0) is 49.2 Å². The summed E-state index contributed by atoms with van der Waals surface area (Å²) in [7, 11) is 0. The van der Waals surface area contributed by atoms with Gasteiger partial charge < -0.3 is 5.32 Å². The zero-order valence-corrected chi connectivity index (χ0v) is 9.35. The van der Waals surface area contributed by atoms with Crippen LogP contribution in [0, 0.1) is 0 Å². The van der Waals surface area contributed by atoms with Gasteiger partial charge in [0.15, 0.2) is 0 Å². The van der Waals surface area contributed by atoms with Crippen LogP contribution < -0.4 is 5.32 Å². The molecule has 0 atom stereocenters. The average Bonchev–Trinajstić information content (AvgIpc) is 2.58. The molecule has 15 heavy (non-hydrogen) atoms. The lowest BCUT2D eigenvalue weighted by Crippen LogP contribution is -2.37. The molecule has 1 aliphatic heterocycles. The lowest BCUT2D eigenvalue weighted by molar-refractivity contribution is 0.378. The minimum Gasteiger partial charge on any atom is -0.317 e. The molecule has 1 aromatic rings. The van der Waals surface area contributed by atoms with Crippen LogP contribution >= 0.6 is 11.6 Å². The summed E-state index contributed by atoms with van der Waals surface area (Å²) in [4.78, 5) is 0. The first-order chi connectivity index (χ1) is 7.30. The summed E-state index contributed by atoms with van der Waals surface area (Å²) in [5.41, 5.74) is 3.07. The van der Waals surface area contributed by atoms with E-state index < -0.39 is 0 Å². The Balaban J connectivity index is 2.07. The monoisotopic (exact) mass is 219 g/mol. The molecule has 1 saturated heterocycles. The number of benzene rings is 1. The van der Waals surface area contributed by atoms with Gasteiger partial charge in [0.05, 0.1) is 0 Å². The smallest absolute Gasteiger partial charge is 0.0412 e. The van der Waals surface area contributed by atoms with Gasteiger partial charge in [-0.2, -0.15) is 0 Å². The number of nitrogens with one attached hydrogen (secondary N) is 1. The highest BCUT2D eigenvalue weighted by Gasteiger charge is 2.35. The molecule has 2 heteroatoms. The van der Waals surface area contributed by atoms with Gasteiger partial charge >= 0.3 is 0 Å². The van der Waals surface area contributed by atoms with E-state index in [-0.39, 0.29) is 0 Å². The van der Waals surface area contributed by atoms with Crippen molar-refractivity contribution in [2.75, 3.05) is 13.1 Å². The van der Waals surface area contributed by atoms with E-state index in [0.29, 0.717) is 5.41 Å². The van der Waals surface area contributed by atoms with Crippen LogP contribution in [-0.2, 0) is 5.41 Å². The molecule has 0 saturated carbocycles. The molecule has 1 aromatic carbocycles. The minimum absolute atomic E-state index is 0.297. The highest BCUT2D eigenvalue weighted by molar-refractivity contribution is 6.30. The molecule has 0 aromatic heterocycles. The van der Waals surface area contributed by atoms with Crippen molar-refractivity contribution in [3.63, 3.8) is 0 Å². The Morgan fingerprint density at radius 2 is 2.00 bits per heavy atom. The fraction of sp³-hybridized carbons (Fsp3) is 0.385. The normalized spacial score (nSPS) is 21.9. The Kier molecular flexibility index (Phi) is 2.11. The minimum atomic E-state index is 0.297. The van der Waals surface area contributed by atoms with E-state index in [1.54, 1.807) is 0 Å². The predicted molar refractivity (Wildman–Crippen MR) is 64.3 cm³/mol. The van der Waals surface area contributed by atoms with E-state index in [9.17, 15) is 0 Å². The van der Waals surface area contributed by atoms with E-state index in [1.807, 2.05) is 6.07 Å². The summed E-state index contributed by atoms with van der Waals surface area (Å²) in [5, 5.41) is 4.26. The van der Waals surface area contributed by atoms with Gasteiger partial charge in [0.2, 0.25) is 0 Å². The standard InChI is InChI=1S/C13H14ClN/c14-11-1-2-12-10(9-11)3-4-13(12)5-7-15-8-6-13/h1-4,9,15H,5-8H2. The van der Waals surface area contributed by atoms with Crippen LogP contribution in [0.2, 0.25) is 5.02 Å². The fourth-order valence-electron chi connectivity index (χ4n) is 2.77. The third-order valence-electron chi connectivity index (χ3n) is 3.63. The van der Waals surface area contributed by atoms with E-state index in [0.717, 1.165) is 18.1 Å². The highest BCUT2D eigenvalue weighted by atomic mass is 35.5. The Morgan fingerprint density at radius 3 is 2.80 bits per heavy atom. The molecule has 1 heterocycles. The van der Waals surface area contributed by atoms with Gasteiger partial charge in [-0.1, -0.05) is 29.8 Å². The van der Waals surface area contributed by atoms with E-state index in [4.69, 9.17) is 11.6 Å². The van der Waals surface area contributed by atoms with E-state index in [2.05, 4.69) is 29.6 Å². The zero-order valence-electron chi connectivity index (χ0n) is 8.59. The summed E-state index contributed by atoms with van der Waals surface area (Å²) in [6.07, 6.45) is 7.01. The third-order valence-corrected chi connectivity index (χ3v) is 3.86. The van der Waals surface area contributed by atoms with Gasteiger partial charge in [0.25, 0.3) is 0 Å². The van der Waals surface area contributed by atoms with Crippen molar-refractivity contribution in [1.29, 1.82) is 0 Å². The summed E-state index contributed by atoms with van der Waals surface area (Å²) < 4.78 is 0. The van der Waals surface area contributed by atoms with Crippen LogP contribution in [0.15, 0.2) is 24.3 Å². The summed E-state index contributed by atoms with van der Waals surface area (Å²) in [6, 6.07) is 6.28. The van der Waals surface area contributed by atoms with Crippen LogP contribution in [0.1, 0.15) is 24.0 Å². The van der Waals surface area contributed by atoms with Crippen LogP contribution in [0.3, 0.4) is 0 Å². The molecule has 1 nitrogen and oxygen atoms in total. The number of piperidine rings is 1. The number of rotatable bonds is 0. The Labute approximate surface area is 95.1 Å².